The molecule has 1 atom stereocenters. The topological polar surface area (TPSA) is 69.6 Å². The molecule has 0 N–H and O–H groups in total. The van der Waals surface area contributed by atoms with Crippen molar-refractivity contribution >= 4 is 11.8 Å². The second kappa shape index (κ2) is 7.24. The fourth-order valence-corrected chi connectivity index (χ4v) is 3.81. The first-order valence-corrected chi connectivity index (χ1v) is 10.2. The number of nitrogens with zero attached hydrogens (tertiary/aromatic N) is 5. The molecule has 4 aromatic rings. The summed E-state index contributed by atoms with van der Waals surface area (Å²) in [6, 6.07) is 20.0. The van der Waals surface area contributed by atoms with Crippen LogP contribution in [0.4, 0.5) is 0 Å². The van der Waals surface area contributed by atoms with Crippen molar-refractivity contribution in [1.82, 2.24) is 25.0 Å². The van der Waals surface area contributed by atoms with Gasteiger partial charge in [-0.15, -0.1) is 15.3 Å². The van der Waals surface area contributed by atoms with Crippen molar-refractivity contribution in [2.24, 2.45) is 0 Å². The molecule has 0 saturated heterocycles. The van der Waals surface area contributed by atoms with Crippen LogP contribution in [0.3, 0.4) is 0 Å². The first-order valence-electron chi connectivity index (χ1n) is 9.36. The van der Waals surface area contributed by atoms with E-state index in [0.717, 1.165) is 22.2 Å². The largest absolute Gasteiger partial charge is 0.419 e. The van der Waals surface area contributed by atoms with Crippen LogP contribution in [0.2, 0.25) is 0 Å². The maximum atomic E-state index is 5.88. The molecule has 1 fully saturated rings. The third-order valence-electron chi connectivity index (χ3n) is 4.65. The van der Waals surface area contributed by atoms with E-state index in [1.807, 2.05) is 60.1 Å². The number of thioether (sulfide) groups is 1. The Bertz CT molecular complexity index is 1070. The summed E-state index contributed by atoms with van der Waals surface area (Å²) in [7, 11) is 0. The molecule has 1 aliphatic rings. The van der Waals surface area contributed by atoms with Crippen molar-refractivity contribution in [3.8, 4) is 17.1 Å². The Kier molecular flexibility index (Phi) is 4.44. The van der Waals surface area contributed by atoms with Gasteiger partial charge in [-0.05, 0) is 44.0 Å². The summed E-state index contributed by atoms with van der Waals surface area (Å²) < 4.78 is 7.85. The minimum atomic E-state index is -0.0383. The molecular weight excluding hydrogens is 370 g/mol. The summed E-state index contributed by atoms with van der Waals surface area (Å²) in [5.74, 6) is 2.65. The molecule has 6 nitrogen and oxygen atoms in total. The van der Waals surface area contributed by atoms with Gasteiger partial charge in [-0.2, -0.15) is 0 Å². The summed E-state index contributed by atoms with van der Waals surface area (Å²) in [5.41, 5.74) is 1.96. The fourth-order valence-electron chi connectivity index (χ4n) is 3.02. The highest BCUT2D eigenvalue weighted by atomic mass is 32.2. The second-order valence-corrected chi connectivity index (χ2v) is 8.15. The molecule has 0 unspecified atom stereocenters. The third kappa shape index (κ3) is 3.45. The van der Waals surface area contributed by atoms with Gasteiger partial charge in [0.05, 0.1) is 10.9 Å². The van der Waals surface area contributed by atoms with Crippen molar-refractivity contribution < 1.29 is 4.42 Å². The Balaban J connectivity index is 1.38. The summed E-state index contributed by atoms with van der Waals surface area (Å²) >= 11 is 1.54. The van der Waals surface area contributed by atoms with E-state index in [0.29, 0.717) is 17.7 Å². The van der Waals surface area contributed by atoms with Crippen LogP contribution in [-0.4, -0.2) is 25.0 Å². The average Bonchev–Trinajstić information content (AvgIpc) is 3.31. The Morgan fingerprint density at radius 2 is 1.71 bits per heavy atom. The van der Waals surface area contributed by atoms with Crippen LogP contribution >= 0.6 is 11.8 Å². The minimum Gasteiger partial charge on any atom is -0.419 e. The molecule has 2 aromatic heterocycles. The van der Waals surface area contributed by atoms with Gasteiger partial charge in [0.2, 0.25) is 16.9 Å². The molecule has 0 spiro atoms. The molecule has 28 heavy (non-hydrogen) atoms. The zero-order valence-corrected chi connectivity index (χ0v) is 16.2. The Labute approximate surface area is 167 Å². The van der Waals surface area contributed by atoms with Gasteiger partial charge in [0, 0.05) is 11.5 Å². The molecule has 1 saturated carbocycles. The van der Waals surface area contributed by atoms with E-state index in [9.17, 15) is 0 Å². The summed E-state index contributed by atoms with van der Waals surface area (Å²) in [6.07, 6.45) is 2.35. The van der Waals surface area contributed by atoms with Gasteiger partial charge in [0.25, 0.3) is 0 Å². The molecule has 0 aliphatic heterocycles. The minimum absolute atomic E-state index is 0.0383. The van der Waals surface area contributed by atoms with Crippen LogP contribution in [0, 0.1) is 0 Å². The zero-order chi connectivity index (χ0) is 18.9. The van der Waals surface area contributed by atoms with Gasteiger partial charge >= 0.3 is 0 Å². The fraction of sp³-hybridized carbons (Fsp3) is 0.238. The average molecular weight is 389 g/mol. The van der Waals surface area contributed by atoms with E-state index in [1.54, 1.807) is 11.8 Å². The SMILES string of the molecule is C[C@H](Sc1nc(C2CC2)n(-c2ccccc2)n1)c1nnc(-c2ccccc2)o1. The van der Waals surface area contributed by atoms with E-state index in [1.165, 1.54) is 12.8 Å². The zero-order valence-electron chi connectivity index (χ0n) is 15.4. The van der Waals surface area contributed by atoms with Gasteiger partial charge in [0.1, 0.15) is 5.82 Å². The highest BCUT2D eigenvalue weighted by Gasteiger charge is 2.31. The van der Waals surface area contributed by atoms with Gasteiger partial charge < -0.3 is 4.42 Å². The molecule has 5 rings (SSSR count). The van der Waals surface area contributed by atoms with Crippen LogP contribution < -0.4 is 0 Å². The smallest absolute Gasteiger partial charge is 0.247 e. The quantitative estimate of drug-likeness (QED) is 0.430. The lowest BCUT2D eigenvalue weighted by Gasteiger charge is -2.04. The number of benzene rings is 2. The van der Waals surface area contributed by atoms with E-state index >= 15 is 0 Å². The predicted molar refractivity (Wildman–Crippen MR) is 107 cm³/mol. The Hall–Kier alpha value is -2.93. The van der Waals surface area contributed by atoms with Crippen LogP contribution in [0.5, 0.6) is 0 Å². The monoisotopic (exact) mass is 389 g/mol. The van der Waals surface area contributed by atoms with Crippen LogP contribution in [0.1, 0.15) is 42.6 Å². The molecule has 2 aromatic carbocycles. The maximum Gasteiger partial charge on any atom is 0.247 e. The molecule has 0 amide bonds. The van der Waals surface area contributed by atoms with Crippen LogP contribution in [-0.2, 0) is 0 Å². The van der Waals surface area contributed by atoms with Crippen molar-refractivity contribution in [1.29, 1.82) is 0 Å². The molecule has 1 aliphatic carbocycles. The van der Waals surface area contributed by atoms with Crippen molar-refractivity contribution in [2.45, 2.75) is 36.1 Å². The third-order valence-corrected chi connectivity index (χ3v) is 5.59. The first kappa shape index (κ1) is 17.2. The highest BCUT2D eigenvalue weighted by molar-refractivity contribution is 7.99. The molecule has 0 radical (unpaired) electrons. The summed E-state index contributed by atoms with van der Waals surface area (Å²) in [5, 5.41) is 13.9. The molecular formula is C21H19N5OS. The number of hydrogen-bond donors (Lipinski definition) is 0. The normalized spacial score (nSPS) is 14.9. The molecule has 2 heterocycles. The van der Waals surface area contributed by atoms with Gasteiger partial charge in [-0.25, -0.2) is 9.67 Å². The number of rotatable bonds is 6. The van der Waals surface area contributed by atoms with E-state index < -0.39 is 0 Å². The standard InChI is InChI=1S/C21H19N5OS/c1-14(19-23-24-20(27-19)16-8-4-2-5-9-16)28-21-22-18(15-12-13-15)26(25-21)17-10-6-3-7-11-17/h2-11,14-15H,12-13H2,1H3/t14-/m0/s1. The summed E-state index contributed by atoms with van der Waals surface area (Å²) in [6.45, 7) is 2.03. The van der Waals surface area contributed by atoms with Crippen molar-refractivity contribution in [3.63, 3.8) is 0 Å². The summed E-state index contributed by atoms with van der Waals surface area (Å²) in [4.78, 5) is 4.80. The lowest BCUT2D eigenvalue weighted by molar-refractivity contribution is 0.509. The highest BCUT2D eigenvalue weighted by Crippen LogP contribution is 2.41. The Morgan fingerprint density at radius 3 is 2.43 bits per heavy atom. The first-order chi connectivity index (χ1) is 13.8. The van der Waals surface area contributed by atoms with E-state index in [2.05, 4.69) is 22.3 Å². The van der Waals surface area contributed by atoms with Crippen LogP contribution in [0.15, 0.2) is 70.2 Å². The molecule has 7 heteroatoms. The number of aromatic nitrogens is 5. The van der Waals surface area contributed by atoms with E-state index in [4.69, 9.17) is 14.5 Å². The van der Waals surface area contributed by atoms with Crippen molar-refractivity contribution in [2.75, 3.05) is 0 Å². The van der Waals surface area contributed by atoms with E-state index in [-0.39, 0.29) is 5.25 Å². The maximum absolute atomic E-state index is 5.88. The lowest BCUT2D eigenvalue weighted by Crippen LogP contribution is -2.01. The predicted octanol–water partition coefficient (Wildman–Crippen LogP) is 5.05. The number of para-hydroxylation sites is 1. The lowest BCUT2D eigenvalue weighted by atomic mass is 10.2. The van der Waals surface area contributed by atoms with Gasteiger partial charge in [0.15, 0.2) is 0 Å². The molecule has 0 bridgehead atoms. The van der Waals surface area contributed by atoms with Gasteiger partial charge in [-0.3, -0.25) is 0 Å². The van der Waals surface area contributed by atoms with Gasteiger partial charge in [-0.1, -0.05) is 48.2 Å². The molecule has 140 valence electrons. The van der Waals surface area contributed by atoms with Crippen molar-refractivity contribution in [3.05, 3.63) is 72.4 Å². The Morgan fingerprint density at radius 1 is 1.00 bits per heavy atom. The number of hydrogen-bond acceptors (Lipinski definition) is 6. The second-order valence-electron chi connectivity index (χ2n) is 6.85. The van der Waals surface area contributed by atoms with Crippen LogP contribution in [0.25, 0.3) is 17.1 Å².